The maximum atomic E-state index is 6.01. The van der Waals surface area contributed by atoms with Gasteiger partial charge in [-0.05, 0) is 34.8 Å². The van der Waals surface area contributed by atoms with Gasteiger partial charge in [0.1, 0.15) is 0 Å². The highest BCUT2D eigenvalue weighted by atomic mass is 79.9. The summed E-state index contributed by atoms with van der Waals surface area (Å²) < 4.78 is 1.13. The van der Waals surface area contributed by atoms with Crippen molar-refractivity contribution in [2.75, 3.05) is 6.54 Å². The number of thiophene rings is 1. The Kier molecular flexibility index (Phi) is 3.03. The van der Waals surface area contributed by atoms with E-state index in [2.05, 4.69) is 32.7 Å². The van der Waals surface area contributed by atoms with Crippen LogP contribution in [0.1, 0.15) is 23.8 Å². The van der Waals surface area contributed by atoms with Gasteiger partial charge >= 0.3 is 0 Å². The molecule has 4 heteroatoms. The fraction of sp³-hybridized carbons (Fsp3) is 0.556. The summed E-state index contributed by atoms with van der Waals surface area (Å²) in [5.41, 5.74) is 6.01. The molecule has 1 heterocycles. The molecule has 1 aromatic heterocycles. The summed E-state index contributed by atoms with van der Waals surface area (Å²) in [7, 11) is 0. The minimum Gasteiger partial charge on any atom is -0.322 e. The molecule has 0 aromatic carbocycles. The molecule has 0 radical (unpaired) electrons. The summed E-state index contributed by atoms with van der Waals surface area (Å²) in [5.74, 6) is 0. The molecule has 0 saturated heterocycles. The van der Waals surface area contributed by atoms with Crippen LogP contribution in [-0.2, 0) is 0 Å². The molecular weight excluding hydrogens is 248 g/mol. The number of halogens is 1. The van der Waals surface area contributed by atoms with Crippen LogP contribution in [0.15, 0.2) is 15.9 Å². The zero-order valence-electron chi connectivity index (χ0n) is 7.29. The van der Waals surface area contributed by atoms with Gasteiger partial charge in [-0.1, -0.05) is 0 Å². The van der Waals surface area contributed by atoms with E-state index in [9.17, 15) is 0 Å². The first kappa shape index (κ1) is 9.65. The van der Waals surface area contributed by atoms with Crippen molar-refractivity contribution in [3.8, 4) is 0 Å². The van der Waals surface area contributed by atoms with Crippen LogP contribution in [-0.4, -0.2) is 12.6 Å². The molecule has 72 valence electrons. The van der Waals surface area contributed by atoms with Crippen molar-refractivity contribution in [1.29, 1.82) is 0 Å². The van der Waals surface area contributed by atoms with E-state index < -0.39 is 0 Å². The summed E-state index contributed by atoms with van der Waals surface area (Å²) in [5, 5.41) is 5.51. The Hall–Kier alpha value is 0.1000. The molecule has 1 aliphatic carbocycles. The average Bonchev–Trinajstić information content (AvgIpc) is 2.84. The maximum Gasteiger partial charge on any atom is 0.0516 e. The summed E-state index contributed by atoms with van der Waals surface area (Å²) >= 11 is 5.15. The van der Waals surface area contributed by atoms with E-state index in [-0.39, 0.29) is 6.04 Å². The fourth-order valence-corrected chi connectivity index (χ4v) is 2.65. The summed E-state index contributed by atoms with van der Waals surface area (Å²) in [4.78, 5) is 1.25. The smallest absolute Gasteiger partial charge is 0.0516 e. The molecule has 13 heavy (non-hydrogen) atoms. The van der Waals surface area contributed by atoms with Crippen LogP contribution in [0.4, 0.5) is 0 Å². The molecule has 2 nitrogen and oxygen atoms in total. The van der Waals surface area contributed by atoms with Crippen LogP contribution in [0.25, 0.3) is 0 Å². The van der Waals surface area contributed by atoms with Gasteiger partial charge in [0.05, 0.1) is 6.04 Å². The molecule has 1 atom stereocenters. The van der Waals surface area contributed by atoms with Crippen molar-refractivity contribution in [3.05, 3.63) is 20.8 Å². The normalized spacial score (nSPS) is 18.9. The largest absolute Gasteiger partial charge is 0.322 e. The lowest BCUT2D eigenvalue weighted by atomic mass is 10.2. The first-order valence-corrected chi connectivity index (χ1v) is 6.16. The highest BCUT2D eigenvalue weighted by molar-refractivity contribution is 9.10. The number of hydrogen-bond donors (Lipinski definition) is 2. The monoisotopic (exact) mass is 260 g/mol. The van der Waals surface area contributed by atoms with E-state index in [4.69, 9.17) is 5.73 Å². The second kappa shape index (κ2) is 4.09. The van der Waals surface area contributed by atoms with Gasteiger partial charge < -0.3 is 11.1 Å². The van der Waals surface area contributed by atoms with Gasteiger partial charge in [-0.3, -0.25) is 0 Å². The lowest BCUT2D eigenvalue weighted by molar-refractivity contribution is 0.601. The van der Waals surface area contributed by atoms with Crippen molar-refractivity contribution in [2.24, 2.45) is 5.73 Å². The molecule has 1 fully saturated rings. The van der Waals surface area contributed by atoms with Crippen LogP contribution in [0.2, 0.25) is 0 Å². The van der Waals surface area contributed by atoms with Crippen molar-refractivity contribution in [3.63, 3.8) is 0 Å². The van der Waals surface area contributed by atoms with Crippen LogP contribution in [0.5, 0.6) is 0 Å². The number of rotatable bonds is 4. The predicted octanol–water partition coefficient (Wildman–Crippen LogP) is 2.26. The summed E-state index contributed by atoms with van der Waals surface area (Å²) in [6, 6.07) is 3.00. The minimum atomic E-state index is 0.150. The topological polar surface area (TPSA) is 38.0 Å². The van der Waals surface area contributed by atoms with Crippen molar-refractivity contribution < 1.29 is 0 Å². The number of nitrogens with two attached hydrogens (primary N) is 1. The van der Waals surface area contributed by atoms with E-state index in [1.165, 1.54) is 17.7 Å². The Labute approximate surface area is 90.6 Å². The molecule has 2 rings (SSSR count). The first-order valence-electron chi connectivity index (χ1n) is 4.48. The van der Waals surface area contributed by atoms with E-state index in [1.807, 2.05) is 0 Å². The van der Waals surface area contributed by atoms with E-state index in [1.54, 1.807) is 11.3 Å². The molecule has 0 aliphatic heterocycles. The third kappa shape index (κ3) is 2.77. The van der Waals surface area contributed by atoms with Crippen LogP contribution in [0, 0.1) is 0 Å². The quantitative estimate of drug-likeness (QED) is 0.872. The highest BCUT2D eigenvalue weighted by Crippen LogP contribution is 2.25. The van der Waals surface area contributed by atoms with Gasteiger partial charge in [0.2, 0.25) is 0 Å². The molecule has 0 bridgehead atoms. The predicted molar refractivity (Wildman–Crippen MR) is 60.0 cm³/mol. The zero-order chi connectivity index (χ0) is 9.26. The third-order valence-electron chi connectivity index (χ3n) is 2.16. The molecule has 1 aromatic rings. The van der Waals surface area contributed by atoms with Gasteiger partial charge in [0, 0.05) is 27.3 Å². The zero-order valence-corrected chi connectivity index (χ0v) is 9.70. The highest BCUT2D eigenvalue weighted by Gasteiger charge is 2.21. The molecule has 0 amide bonds. The second-order valence-electron chi connectivity index (χ2n) is 3.46. The van der Waals surface area contributed by atoms with Crippen LogP contribution in [0.3, 0.4) is 0 Å². The minimum absolute atomic E-state index is 0.150. The average molecular weight is 261 g/mol. The van der Waals surface area contributed by atoms with Gasteiger partial charge in [0.15, 0.2) is 0 Å². The first-order chi connectivity index (χ1) is 6.25. The lowest BCUT2D eigenvalue weighted by Crippen LogP contribution is -2.27. The van der Waals surface area contributed by atoms with Gasteiger partial charge in [-0.25, -0.2) is 0 Å². The molecule has 3 N–H and O–H groups in total. The van der Waals surface area contributed by atoms with Gasteiger partial charge in [-0.2, -0.15) is 0 Å². The lowest BCUT2D eigenvalue weighted by Gasteiger charge is -2.09. The van der Waals surface area contributed by atoms with Crippen molar-refractivity contribution in [1.82, 2.24) is 5.32 Å². The SMILES string of the molecule is NC(CNC1CC1)c1cc(Br)cs1. The standard InChI is InChI=1S/C9H13BrN2S/c10-6-3-9(13-5-6)8(11)4-12-7-1-2-7/h3,5,7-8,12H,1-2,4,11H2. The molecule has 0 spiro atoms. The summed E-state index contributed by atoms with van der Waals surface area (Å²) in [6.45, 7) is 0.900. The van der Waals surface area contributed by atoms with Crippen molar-refractivity contribution in [2.45, 2.75) is 24.9 Å². The molecule has 1 aliphatic rings. The Morgan fingerprint density at radius 1 is 1.69 bits per heavy atom. The van der Waals surface area contributed by atoms with Gasteiger partial charge in [-0.15, -0.1) is 11.3 Å². The number of hydrogen-bond acceptors (Lipinski definition) is 3. The maximum absolute atomic E-state index is 6.01. The van der Waals surface area contributed by atoms with E-state index in [0.29, 0.717) is 0 Å². The fourth-order valence-electron chi connectivity index (χ4n) is 1.20. The van der Waals surface area contributed by atoms with Gasteiger partial charge in [0.25, 0.3) is 0 Å². The third-order valence-corrected chi connectivity index (χ3v) is 3.98. The molecular formula is C9H13BrN2S. The Bertz CT molecular complexity index is 283. The second-order valence-corrected chi connectivity index (χ2v) is 5.31. The summed E-state index contributed by atoms with van der Waals surface area (Å²) in [6.07, 6.45) is 2.64. The Balaban J connectivity index is 1.84. The Morgan fingerprint density at radius 2 is 2.46 bits per heavy atom. The number of nitrogens with one attached hydrogen (secondary N) is 1. The van der Waals surface area contributed by atoms with E-state index in [0.717, 1.165) is 17.1 Å². The van der Waals surface area contributed by atoms with E-state index >= 15 is 0 Å². The van der Waals surface area contributed by atoms with Crippen LogP contribution >= 0.6 is 27.3 Å². The van der Waals surface area contributed by atoms with Crippen LogP contribution < -0.4 is 11.1 Å². The molecule has 1 saturated carbocycles. The van der Waals surface area contributed by atoms with Crippen molar-refractivity contribution >= 4 is 27.3 Å². The molecule has 1 unspecified atom stereocenters. The Morgan fingerprint density at radius 3 is 3.00 bits per heavy atom.